The molecule has 0 aliphatic heterocycles. The third-order valence-electron chi connectivity index (χ3n) is 7.17. The van der Waals surface area contributed by atoms with E-state index in [9.17, 15) is 4.79 Å². The monoisotopic (exact) mass is 515 g/mol. The number of nitrogens with one attached hydrogen (secondary N) is 1. The molecule has 1 amide bonds. The molecule has 6 aromatic rings. The van der Waals surface area contributed by atoms with E-state index >= 15 is 0 Å². The fourth-order valence-corrected chi connectivity index (χ4v) is 5.15. The number of imidazole rings is 2. The molecule has 0 aliphatic rings. The lowest BCUT2D eigenvalue weighted by atomic mass is 10.1. The summed E-state index contributed by atoms with van der Waals surface area (Å²) in [5, 5.41) is 1.04. The van der Waals surface area contributed by atoms with Gasteiger partial charge in [-0.2, -0.15) is 0 Å². The van der Waals surface area contributed by atoms with Gasteiger partial charge in [-0.25, -0.2) is 9.97 Å². The number of aryl methyl sites for hydroxylation is 1. The number of rotatable bonds is 9. The summed E-state index contributed by atoms with van der Waals surface area (Å²) >= 11 is 0. The van der Waals surface area contributed by atoms with Gasteiger partial charge in [0.25, 0.3) is 0 Å². The number of H-pyrrole nitrogens is 1. The van der Waals surface area contributed by atoms with Crippen LogP contribution in [0.15, 0.2) is 97.6 Å². The fraction of sp³-hybridized carbons (Fsp3) is 0.161. The van der Waals surface area contributed by atoms with E-state index in [4.69, 9.17) is 4.98 Å². The van der Waals surface area contributed by atoms with Crippen molar-refractivity contribution in [2.45, 2.75) is 25.8 Å². The molecule has 0 radical (unpaired) electrons. The molecule has 0 fully saturated rings. The van der Waals surface area contributed by atoms with Crippen molar-refractivity contribution < 1.29 is 4.79 Å². The van der Waals surface area contributed by atoms with Crippen LogP contribution in [0.4, 0.5) is 5.82 Å². The zero-order chi connectivity index (χ0) is 26.8. The van der Waals surface area contributed by atoms with Crippen molar-refractivity contribution in [3.63, 3.8) is 0 Å². The van der Waals surface area contributed by atoms with E-state index in [-0.39, 0.29) is 6.04 Å². The second-order valence-electron chi connectivity index (χ2n) is 9.47. The van der Waals surface area contributed by atoms with E-state index in [1.165, 1.54) is 0 Å². The van der Waals surface area contributed by atoms with Crippen LogP contribution in [0, 0.1) is 0 Å². The maximum atomic E-state index is 12.6. The van der Waals surface area contributed by atoms with Gasteiger partial charge in [0, 0.05) is 60.8 Å². The number of anilines is 1. The Labute approximate surface area is 226 Å². The van der Waals surface area contributed by atoms with E-state index in [0.29, 0.717) is 12.2 Å². The summed E-state index contributed by atoms with van der Waals surface area (Å²) in [6.45, 7) is 2.10. The number of benzene rings is 2. The zero-order valence-corrected chi connectivity index (χ0v) is 21.9. The largest absolute Gasteiger partial charge is 0.341 e. The van der Waals surface area contributed by atoms with Crippen molar-refractivity contribution in [1.82, 2.24) is 29.1 Å². The molecule has 0 unspecified atom stereocenters. The van der Waals surface area contributed by atoms with Crippen molar-refractivity contribution in [2.24, 2.45) is 7.05 Å². The summed E-state index contributed by atoms with van der Waals surface area (Å²) in [6.07, 6.45) is 9.70. The highest BCUT2D eigenvalue weighted by Gasteiger charge is 2.28. The molecule has 0 spiro atoms. The number of para-hydroxylation sites is 1. The smallest absolute Gasteiger partial charge is 0.215 e. The van der Waals surface area contributed by atoms with E-state index < -0.39 is 0 Å². The molecule has 0 saturated heterocycles. The van der Waals surface area contributed by atoms with Gasteiger partial charge in [-0.15, -0.1) is 0 Å². The third-order valence-corrected chi connectivity index (χ3v) is 7.17. The molecule has 0 bridgehead atoms. The molecule has 194 valence electrons. The van der Waals surface area contributed by atoms with Crippen molar-refractivity contribution in [2.75, 3.05) is 4.90 Å². The van der Waals surface area contributed by atoms with Crippen molar-refractivity contribution in [3.8, 4) is 16.9 Å². The SMILES string of the molecule is CCc1nccn1-c1ccc(-c2cnc([C@H](Cc3ccccn3)N(C=O)c3cc4ccccc4[nH]3)n2C)cc1. The Bertz CT molecular complexity index is 1680. The minimum Gasteiger partial charge on any atom is -0.341 e. The third kappa shape index (κ3) is 4.61. The molecule has 6 rings (SSSR count). The lowest BCUT2D eigenvalue weighted by molar-refractivity contribution is -0.108. The van der Waals surface area contributed by atoms with Crippen molar-refractivity contribution in [1.29, 1.82) is 0 Å². The molecule has 0 saturated carbocycles. The first-order chi connectivity index (χ1) is 19.2. The molecule has 1 atom stereocenters. The molecule has 39 heavy (non-hydrogen) atoms. The Morgan fingerprint density at radius 3 is 2.54 bits per heavy atom. The molecule has 8 heteroatoms. The van der Waals surface area contributed by atoms with Gasteiger partial charge in [-0.3, -0.25) is 14.7 Å². The molecular weight excluding hydrogens is 486 g/mol. The summed E-state index contributed by atoms with van der Waals surface area (Å²) in [4.78, 5) is 31.6. The van der Waals surface area contributed by atoms with Crippen LogP contribution in [0.25, 0.3) is 27.8 Å². The Kier molecular flexibility index (Phi) is 6.50. The molecule has 8 nitrogen and oxygen atoms in total. The average Bonchev–Trinajstić information content (AvgIpc) is 3.72. The quantitative estimate of drug-likeness (QED) is 0.252. The van der Waals surface area contributed by atoms with E-state index in [2.05, 4.69) is 55.3 Å². The van der Waals surface area contributed by atoms with Crippen LogP contribution in [0.5, 0.6) is 0 Å². The summed E-state index contributed by atoms with van der Waals surface area (Å²) in [5.74, 6) is 2.51. The molecule has 4 aromatic heterocycles. The highest BCUT2D eigenvalue weighted by atomic mass is 16.1. The number of hydrogen-bond acceptors (Lipinski definition) is 4. The highest BCUT2D eigenvalue weighted by Crippen LogP contribution is 2.32. The van der Waals surface area contributed by atoms with Crippen LogP contribution in [-0.2, 0) is 24.7 Å². The summed E-state index contributed by atoms with van der Waals surface area (Å²) < 4.78 is 4.17. The Morgan fingerprint density at radius 2 is 1.79 bits per heavy atom. The van der Waals surface area contributed by atoms with Crippen LogP contribution in [0.1, 0.15) is 30.3 Å². The number of pyridine rings is 1. The van der Waals surface area contributed by atoms with Gasteiger partial charge in [0.15, 0.2) is 0 Å². The van der Waals surface area contributed by atoms with E-state index in [0.717, 1.165) is 58.0 Å². The van der Waals surface area contributed by atoms with Gasteiger partial charge >= 0.3 is 0 Å². The lowest BCUT2D eigenvalue weighted by Crippen LogP contribution is -2.31. The summed E-state index contributed by atoms with van der Waals surface area (Å²) in [6, 6.07) is 23.8. The molecule has 2 aromatic carbocycles. The van der Waals surface area contributed by atoms with Gasteiger partial charge < -0.3 is 14.1 Å². The number of nitrogens with zero attached hydrogens (tertiary/aromatic N) is 6. The zero-order valence-electron chi connectivity index (χ0n) is 21.9. The Hall–Kier alpha value is -4.98. The standard InChI is InChI=1S/C31H29N7O/c1-3-29-33-16-17-37(29)25-13-11-22(12-14-25)28-20-34-31(36(28)2)27(19-24-9-6-7-15-32-24)38(21-39)30-18-23-8-4-5-10-26(23)35-30/h4-18,20-21,27,35H,3,19H2,1-2H3/t27-/m0/s1. The summed E-state index contributed by atoms with van der Waals surface area (Å²) in [5.41, 5.74) is 4.92. The second-order valence-corrected chi connectivity index (χ2v) is 9.47. The maximum Gasteiger partial charge on any atom is 0.215 e. The first-order valence-corrected chi connectivity index (χ1v) is 13.0. The number of fused-ring (bicyclic) bond motifs is 1. The predicted octanol–water partition coefficient (Wildman–Crippen LogP) is 5.66. The van der Waals surface area contributed by atoms with Crippen LogP contribution >= 0.6 is 0 Å². The molecule has 0 aliphatic carbocycles. The Balaban J connectivity index is 1.38. The number of hydrogen-bond donors (Lipinski definition) is 1. The number of amides is 1. The second kappa shape index (κ2) is 10.4. The average molecular weight is 516 g/mol. The first kappa shape index (κ1) is 24.4. The van der Waals surface area contributed by atoms with Gasteiger partial charge in [0.1, 0.15) is 23.5 Å². The van der Waals surface area contributed by atoms with Crippen LogP contribution in [-0.4, -0.2) is 35.5 Å². The van der Waals surface area contributed by atoms with Gasteiger partial charge in [0.05, 0.1) is 11.9 Å². The molecule has 4 heterocycles. The lowest BCUT2D eigenvalue weighted by Gasteiger charge is -2.27. The maximum absolute atomic E-state index is 12.6. The normalized spacial score (nSPS) is 12.1. The van der Waals surface area contributed by atoms with Gasteiger partial charge in [-0.1, -0.05) is 43.3 Å². The van der Waals surface area contributed by atoms with Crippen LogP contribution < -0.4 is 4.90 Å². The minimum absolute atomic E-state index is 0.374. The van der Waals surface area contributed by atoms with Gasteiger partial charge in [0.2, 0.25) is 6.41 Å². The van der Waals surface area contributed by atoms with E-state index in [1.807, 2.05) is 74.2 Å². The Morgan fingerprint density at radius 1 is 0.974 bits per heavy atom. The van der Waals surface area contributed by atoms with Gasteiger partial charge in [-0.05, 0) is 42.0 Å². The fourth-order valence-electron chi connectivity index (χ4n) is 5.15. The van der Waals surface area contributed by atoms with Crippen molar-refractivity contribution in [3.05, 3.63) is 115 Å². The minimum atomic E-state index is -0.374. The topological polar surface area (TPSA) is 84.6 Å². The number of aromatic nitrogens is 6. The predicted molar refractivity (Wildman–Crippen MR) is 153 cm³/mol. The van der Waals surface area contributed by atoms with Crippen molar-refractivity contribution >= 4 is 23.1 Å². The summed E-state index contributed by atoms with van der Waals surface area (Å²) in [7, 11) is 2.00. The number of aromatic amines is 1. The highest BCUT2D eigenvalue weighted by molar-refractivity contribution is 5.88. The van der Waals surface area contributed by atoms with Crippen LogP contribution in [0.3, 0.4) is 0 Å². The molecular formula is C31H29N7O. The van der Waals surface area contributed by atoms with E-state index in [1.54, 1.807) is 11.1 Å². The first-order valence-electron chi connectivity index (χ1n) is 13.0. The number of carbonyl (C=O) groups is 1. The molecule has 1 N–H and O–H groups in total. The number of carbonyl (C=O) groups excluding carboxylic acids is 1. The van der Waals surface area contributed by atoms with Crippen LogP contribution in [0.2, 0.25) is 0 Å².